The second kappa shape index (κ2) is 9.87. The van der Waals surface area contributed by atoms with E-state index in [4.69, 9.17) is 15.6 Å². The maximum Gasteiger partial charge on any atom is 0.407 e. The maximum absolute atomic E-state index is 12.0. The van der Waals surface area contributed by atoms with Crippen molar-refractivity contribution in [2.45, 2.75) is 83.8 Å². The largest absolute Gasteiger partial charge is 0.481 e. The van der Waals surface area contributed by atoms with Crippen LogP contribution in [0.2, 0.25) is 0 Å². The Hall–Kier alpha value is -1.30. The molecular weight excluding hydrogens is 308 g/mol. The van der Waals surface area contributed by atoms with Crippen LogP contribution >= 0.6 is 0 Å². The summed E-state index contributed by atoms with van der Waals surface area (Å²) >= 11 is 0. The first kappa shape index (κ1) is 20.7. The highest BCUT2D eigenvalue weighted by Crippen LogP contribution is 2.34. The predicted octanol–water partition coefficient (Wildman–Crippen LogP) is 3.29. The molecular formula is C18H34N2O4. The average Bonchev–Trinajstić information content (AvgIpc) is 2.45. The molecule has 1 rings (SSSR count). The number of alkyl carbamates (subject to hydrolysis) is 1. The maximum atomic E-state index is 12.0. The fourth-order valence-electron chi connectivity index (χ4n) is 3.49. The number of carboxylic acid groups (broad SMARTS) is 1. The first-order valence-electron chi connectivity index (χ1n) is 9.12. The fraction of sp³-hybridized carbons (Fsp3) is 0.889. The number of carbonyl (C=O) groups is 2. The zero-order chi connectivity index (χ0) is 18.2. The van der Waals surface area contributed by atoms with Crippen molar-refractivity contribution < 1.29 is 19.4 Å². The molecule has 140 valence electrons. The lowest BCUT2D eigenvalue weighted by Gasteiger charge is -2.34. The van der Waals surface area contributed by atoms with Crippen LogP contribution in [0.25, 0.3) is 0 Å². The lowest BCUT2D eigenvalue weighted by Crippen LogP contribution is -2.45. The molecule has 0 saturated heterocycles. The van der Waals surface area contributed by atoms with Gasteiger partial charge in [0, 0.05) is 12.5 Å². The van der Waals surface area contributed by atoms with Crippen LogP contribution in [-0.2, 0) is 9.53 Å². The van der Waals surface area contributed by atoms with E-state index in [1.165, 1.54) is 0 Å². The summed E-state index contributed by atoms with van der Waals surface area (Å²) in [5, 5.41) is 11.7. The van der Waals surface area contributed by atoms with Crippen LogP contribution in [0.5, 0.6) is 0 Å². The minimum atomic E-state index is -0.715. The van der Waals surface area contributed by atoms with Gasteiger partial charge in [-0.15, -0.1) is 0 Å². The first-order chi connectivity index (χ1) is 11.2. The van der Waals surface area contributed by atoms with Crippen molar-refractivity contribution in [2.75, 3.05) is 6.54 Å². The Morgan fingerprint density at radius 1 is 1.25 bits per heavy atom. The Kier molecular flexibility index (Phi) is 8.53. The van der Waals surface area contributed by atoms with Gasteiger partial charge >= 0.3 is 12.1 Å². The molecule has 6 nitrogen and oxygen atoms in total. The summed E-state index contributed by atoms with van der Waals surface area (Å²) in [5.74, 6) is 0.325. The van der Waals surface area contributed by atoms with Crippen LogP contribution in [0.4, 0.5) is 4.79 Å². The van der Waals surface area contributed by atoms with Crippen molar-refractivity contribution in [3.05, 3.63) is 0 Å². The van der Waals surface area contributed by atoms with E-state index in [2.05, 4.69) is 5.32 Å². The van der Waals surface area contributed by atoms with Gasteiger partial charge in [0.15, 0.2) is 0 Å². The molecule has 0 aromatic rings. The minimum Gasteiger partial charge on any atom is -0.481 e. The summed E-state index contributed by atoms with van der Waals surface area (Å²) in [6.07, 6.45) is 6.69. The molecule has 0 radical (unpaired) electrons. The van der Waals surface area contributed by atoms with Crippen molar-refractivity contribution in [3.8, 4) is 0 Å². The first-order valence-corrected chi connectivity index (χ1v) is 9.12. The van der Waals surface area contributed by atoms with Gasteiger partial charge in [0.05, 0.1) is 0 Å². The second-order valence-electron chi connectivity index (χ2n) is 7.90. The molecule has 0 bridgehead atoms. The Labute approximate surface area is 145 Å². The van der Waals surface area contributed by atoms with Gasteiger partial charge in [-0.25, -0.2) is 4.79 Å². The molecule has 1 aliphatic rings. The van der Waals surface area contributed by atoms with Gasteiger partial charge < -0.3 is 20.9 Å². The van der Waals surface area contributed by atoms with Crippen LogP contribution in [0.3, 0.4) is 0 Å². The van der Waals surface area contributed by atoms with E-state index in [0.29, 0.717) is 18.4 Å². The summed E-state index contributed by atoms with van der Waals surface area (Å²) in [5.41, 5.74) is 5.21. The van der Waals surface area contributed by atoms with Crippen molar-refractivity contribution in [3.63, 3.8) is 0 Å². The number of ether oxygens (including phenoxy) is 1. The molecule has 1 atom stereocenters. The number of amides is 1. The van der Waals surface area contributed by atoms with Crippen LogP contribution < -0.4 is 11.1 Å². The Morgan fingerprint density at radius 3 is 2.38 bits per heavy atom. The smallest absolute Gasteiger partial charge is 0.407 e. The van der Waals surface area contributed by atoms with Gasteiger partial charge in [-0.1, -0.05) is 12.8 Å². The Morgan fingerprint density at radius 2 is 1.88 bits per heavy atom. The number of rotatable bonds is 8. The standard InChI is InChI=1S/C18H34N2O4/c1-18(2,3)24-17(23)20-15(11-12-19)14-9-7-13(8-10-14)5-4-6-16(21)22/h13-15H,4-12,19H2,1-3H3,(H,20,23)(H,21,22). The number of nitrogens with two attached hydrogens (primary N) is 1. The zero-order valence-corrected chi connectivity index (χ0v) is 15.3. The van der Waals surface area contributed by atoms with Gasteiger partial charge in [-0.3, -0.25) is 4.79 Å². The molecule has 1 unspecified atom stereocenters. The van der Waals surface area contributed by atoms with Crippen LogP contribution in [0.1, 0.15) is 72.1 Å². The zero-order valence-electron chi connectivity index (χ0n) is 15.3. The highest BCUT2D eigenvalue weighted by molar-refractivity contribution is 5.68. The molecule has 4 N–H and O–H groups in total. The van der Waals surface area contributed by atoms with Crippen molar-refractivity contribution in [2.24, 2.45) is 17.6 Å². The van der Waals surface area contributed by atoms with Crippen molar-refractivity contribution in [1.29, 1.82) is 0 Å². The monoisotopic (exact) mass is 342 g/mol. The molecule has 0 spiro atoms. The highest BCUT2D eigenvalue weighted by atomic mass is 16.6. The Bertz CT molecular complexity index is 398. The van der Waals surface area contributed by atoms with Crippen LogP contribution in [0, 0.1) is 11.8 Å². The number of nitrogens with one attached hydrogen (secondary N) is 1. The van der Waals surface area contributed by atoms with E-state index >= 15 is 0 Å². The molecule has 0 heterocycles. The molecule has 0 aromatic heterocycles. The lowest BCUT2D eigenvalue weighted by atomic mass is 9.76. The Balaban J connectivity index is 2.42. The van der Waals surface area contributed by atoms with Gasteiger partial charge in [0.1, 0.15) is 5.60 Å². The molecule has 0 aromatic carbocycles. The molecule has 1 saturated carbocycles. The molecule has 6 heteroatoms. The van der Waals surface area contributed by atoms with Crippen LogP contribution in [0.15, 0.2) is 0 Å². The van der Waals surface area contributed by atoms with Gasteiger partial charge in [0.2, 0.25) is 0 Å². The van der Waals surface area contributed by atoms with E-state index in [-0.39, 0.29) is 18.6 Å². The topological polar surface area (TPSA) is 102 Å². The molecule has 1 fully saturated rings. The minimum absolute atomic E-state index is 0.0600. The summed E-state index contributed by atoms with van der Waals surface area (Å²) in [6, 6.07) is 0.0600. The number of hydrogen-bond acceptors (Lipinski definition) is 4. The number of carboxylic acids is 1. The van der Waals surface area contributed by atoms with Gasteiger partial charge in [0.25, 0.3) is 0 Å². The second-order valence-corrected chi connectivity index (χ2v) is 7.90. The summed E-state index contributed by atoms with van der Waals surface area (Å²) in [4.78, 5) is 22.6. The molecule has 0 aliphatic heterocycles. The lowest BCUT2D eigenvalue weighted by molar-refractivity contribution is -0.137. The summed E-state index contributed by atoms with van der Waals surface area (Å²) in [6.45, 7) is 6.10. The van der Waals surface area contributed by atoms with Crippen molar-refractivity contribution in [1.82, 2.24) is 5.32 Å². The fourth-order valence-corrected chi connectivity index (χ4v) is 3.49. The van der Waals surface area contributed by atoms with E-state index in [1.807, 2.05) is 20.8 Å². The predicted molar refractivity (Wildman–Crippen MR) is 93.8 cm³/mol. The molecule has 24 heavy (non-hydrogen) atoms. The SMILES string of the molecule is CC(C)(C)OC(=O)NC(CCN)C1CCC(CCCC(=O)O)CC1. The van der Waals surface area contributed by atoms with E-state index < -0.39 is 11.6 Å². The molecule has 1 aliphatic carbocycles. The summed E-state index contributed by atoms with van der Waals surface area (Å²) in [7, 11) is 0. The van der Waals surface area contributed by atoms with Gasteiger partial charge in [-0.2, -0.15) is 0 Å². The summed E-state index contributed by atoms with van der Waals surface area (Å²) < 4.78 is 5.36. The third kappa shape index (κ3) is 8.52. The van der Waals surface area contributed by atoms with Crippen LogP contribution in [-0.4, -0.2) is 35.4 Å². The number of hydrogen-bond donors (Lipinski definition) is 3. The van der Waals surface area contributed by atoms with Gasteiger partial charge in [-0.05, 0) is 71.3 Å². The average molecular weight is 342 g/mol. The third-order valence-corrected chi connectivity index (χ3v) is 4.64. The van der Waals surface area contributed by atoms with Crippen molar-refractivity contribution >= 4 is 12.1 Å². The number of carbonyl (C=O) groups excluding carboxylic acids is 1. The third-order valence-electron chi connectivity index (χ3n) is 4.64. The number of aliphatic carboxylic acids is 1. The quantitative estimate of drug-likeness (QED) is 0.628. The highest BCUT2D eigenvalue weighted by Gasteiger charge is 2.29. The van der Waals surface area contributed by atoms with E-state index in [0.717, 1.165) is 44.9 Å². The molecule has 1 amide bonds. The normalized spacial score (nSPS) is 22.7. The van der Waals surface area contributed by atoms with E-state index in [9.17, 15) is 9.59 Å². The van der Waals surface area contributed by atoms with E-state index in [1.54, 1.807) is 0 Å².